The van der Waals surface area contributed by atoms with Gasteiger partial charge in [0.05, 0.1) is 0 Å². The molecule has 2 aliphatic rings. The quantitative estimate of drug-likeness (QED) is 0.799. The average molecular weight is 316 g/mol. The van der Waals surface area contributed by atoms with Crippen molar-refractivity contribution in [1.29, 1.82) is 0 Å². The first-order valence-corrected chi connectivity index (χ1v) is 9.53. The van der Waals surface area contributed by atoms with Crippen LogP contribution in [-0.2, 0) is 15.0 Å². The molecule has 0 aromatic rings. The Labute approximate surface area is 128 Å². The van der Waals surface area contributed by atoms with Gasteiger partial charge in [-0.25, -0.2) is 0 Å². The van der Waals surface area contributed by atoms with Crippen LogP contribution in [0.2, 0.25) is 0 Å². The molecule has 0 bridgehead atoms. The molecular weight excluding hydrogens is 288 g/mol. The molecule has 0 radical (unpaired) electrons. The Morgan fingerprint density at radius 1 is 1.14 bits per heavy atom. The maximum atomic E-state index is 12.8. The number of hydrogen-bond donors (Lipinski definition) is 0. The predicted octanol–water partition coefficient (Wildman–Crippen LogP) is 2.19. The van der Waals surface area contributed by atoms with Crippen LogP contribution in [-0.4, -0.2) is 48.5 Å². The van der Waals surface area contributed by atoms with Gasteiger partial charge in [0.2, 0.25) is 0 Å². The third kappa shape index (κ3) is 3.48. The van der Waals surface area contributed by atoms with Gasteiger partial charge in [-0.2, -0.15) is 17.0 Å². The molecule has 1 aliphatic heterocycles. The third-order valence-electron chi connectivity index (χ3n) is 4.95. The standard InChI is InChI=1S/C15H28N2O3S/c1-12(2)16(3)21(19,20)17-11-7-6-9-14(17)13-8-4-5-10-15(13)18/h12-14H,4-11H2,1-3H3. The smallest absolute Gasteiger partial charge is 0.282 e. The molecular formula is C15H28N2O3S. The summed E-state index contributed by atoms with van der Waals surface area (Å²) in [5.74, 6) is 0.176. The highest BCUT2D eigenvalue weighted by atomic mass is 32.2. The van der Waals surface area contributed by atoms with Crippen LogP contribution in [0.5, 0.6) is 0 Å². The van der Waals surface area contributed by atoms with Crippen molar-refractivity contribution in [3.8, 4) is 0 Å². The van der Waals surface area contributed by atoms with E-state index >= 15 is 0 Å². The molecule has 21 heavy (non-hydrogen) atoms. The molecule has 0 aromatic carbocycles. The molecule has 2 unspecified atom stereocenters. The maximum Gasteiger partial charge on any atom is 0.282 e. The molecule has 6 heteroatoms. The molecule has 2 rings (SSSR count). The van der Waals surface area contributed by atoms with Crippen molar-refractivity contribution in [1.82, 2.24) is 8.61 Å². The third-order valence-corrected chi connectivity index (χ3v) is 7.15. The number of ketones is 1. The van der Waals surface area contributed by atoms with E-state index in [2.05, 4.69) is 0 Å². The monoisotopic (exact) mass is 316 g/mol. The van der Waals surface area contributed by atoms with Gasteiger partial charge in [-0.15, -0.1) is 0 Å². The first-order chi connectivity index (χ1) is 9.85. The summed E-state index contributed by atoms with van der Waals surface area (Å²) < 4.78 is 28.7. The number of carbonyl (C=O) groups excluding carboxylic acids is 1. The molecule has 2 fully saturated rings. The summed E-state index contributed by atoms with van der Waals surface area (Å²) in [4.78, 5) is 12.2. The molecule has 2 atom stereocenters. The van der Waals surface area contributed by atoms with E-state index in [0.717, 1.165) is 38.5 Å². The van der Waals surface area contributed by atoms with Gasteiger partial charge in [-0.1, -0.05) is 12.8 Å². The lowest BCUT2D eigenvalue weighted by molar-refractivity contribution is -0.126. The van der Waals surface area contributed by atoms with Crippen LogP contribution in [0.15, 0.2) is 0 Å². The van der Waals surface area contributed by atoms with Gasteiger partial charge < -0.3 is 0 Å². The minimum absolute atomic E-state index is 0.0698. The molecule has 1 saturated carbocycles. The lowest BCUT2D eigenvalue weighted by Gasteiger charge is -2.42. The zero-order chi connectivity index (χ0) is 15.6. The average Bonchev–Trinajstić information content (AvgIpc) is 2.47. The van der Waals surface area contributed by atoms with E-state index < -0.39 is 10.2 Å². The van der Waals surface area contributed by atoms with E-state index in [0.29, 0.717) is 13.0 Å². The largest absolute Gasteiger partial charge is 0.299 e. The van der Waals surface area contributed by atoms with Crippen molar-refractivity contribution in [2.45, 2.75) is 70.9 Å². The van der Waals surface area contributed by atoms with Gasteiger partial charge >= 0.3 is 0 Å². The fourth-order valence-electron chi connectivity index (χ4n) is 3.47. The van der Waals surface area contributed by atoms with Gasteiger partial charge in [0.1, 0.15) is 5.78 Å². The van der Waals surface area contributed by atoms with Gasteiger partial charge in [0.25, 0.3) is 10.2 Å². The van der Waals surface area contributed by atoms with Gasteiger partial charge in [-0.05, 0) is 39.5 Å². The lowest BCUT2D eigenvalue weighted by Crippen LogP contribution is -2.54. The summed E-state index contributed by atoms with van der Waals surface area (Å²) >= 11 is 0. The van der Waals surface area contributed by atoms with Crippen molar-refractivity contribution in [2.75, 3.05) is 13.6 Å². The Morgan fingerprint density at radius 2 is 1.81 bits per heavy atom. The number of rotatable bonds is 4. The van der Waals surface area contributed by atoms with Crippen LogP contribution >= 0.6 is 0 Å². The molecule has 0 amide bonds. The number of nitrogens with zero attached hydrogens (tertiary/aromatic N) is 2. The van der Waals surface area contributed by atoms with Crippen LogP contribution in [0, 0.1) is 5.92 Å². The molecule has 1 heterocycles. The summed E-state index contributed by atoms with van der Waals surface area (Å²) in [5, 5.41) is 0. The number of carbonyl (C=O) groups is 1. The molecule has 0 N–H and O–H groups in total. The van der Waals surface area contributed by atoms with E-state index in [1.54, 1.807) is 11.4 Å². The Morgan fingerprint density at radius 3 is 2.43 bits per heavy atom. The second-order valence-electron chi connectivity index (χ2n) is 6.61. The normalized spacial score (nSPS) is 29.3. The van der Waals surface area contributed by atoms with Crippen molar-refractivity contribution < 1.29 is 13.2 Å². The van der Waals surface area contributed by atoms with E-state index in [1.807, 2.05) is 13.8 Å². The number of piperidine rings is 1. The number of hydrogen-bond acceptors (Lipinski definition) is 3. The Bertz CT molecular complexity index is 475. The number of Topliss-reactive ketones (excluding diaryl/α,β-unsaturated/α-hetero) is 1. The Balaban J connectivity index is 2.24. The second kappa shape index (κ2) is 6.75. The van der Waals surface area contributed by atoms with Gasteiger partial charge in [0, 0.05) is 38.0 Å². The highest BCUT2D eigenvalue weighted by Crippen LogP contribution is 2.34. The summed E-state index contributed by atoms with van der Waals surface area (Å²) in [6, 6.07) is -0.197. The zero-order valence-corrected chi connectivity index (χ0v) is 14.2. The predicted molar refractivity (Wildman–Crippen MR) is 83.1 cm³/mol. The SMILES string of the molecule is CC(C)N(C)S(=O)(=O)N1CCCCC1C1CCCCC1=O. The fourth-order valence-corrected chi connectivity index (χ4v) is 5.29. The van der Waals surface area contributed by atoms with Crippen molar-refractivity contribution in [3.63, 3.8) is 0 Å². The van der Waals surface area contributed by atoms with Crippen LogP contribution in [0.1, 0.15) is 58.8 Å². The van der Waals surface area contributed by atoms with Crippen LogP contribution in [0.25, 0.3) is 0 Å². The molecule has 122 valence electrons. The topological polar surface area (TPSA) is 57.7 Å². The molecule has 0 spiro atoms. The van der Waals surface area contributed by atoms with Crippen LogP contribution in [0.3, 0.4) is 0 Å². The van der Waals surface area contributed by atoms with E-state index in [1.165, 1.54) is 4.31 Å². The minimum atomic E-state index is -3.47. The Kier molecular flexibility index (Phi) is 5.43. The highest BCUT2D eigenvalue weighted by molar-refractivity contribution is 7.86. The van der Waals surface area contributed by atoms with E-state index in [4.69, 9.17) is 0 Å². The van der Waals surface area contributed by atoms with E-state index in [-0.39, 0.29) is 23.8 Å². The van der Waals surface area contributed by atoms with Crippen molar-refractivity contribution in [2.24, 2.45) is 5.92 Å². The molecule has 5 nitrogen and oxygen atoms in total. The first-order valence-electron chi connectivity index (χ1n) is 8.13. The summed E-state index contributed by atoms with van der Waals surface area (Å²) in [6.07, 6.45) is 6.20. The summed E-state index contributed by atoms with van der Waals surface area (Å²) in [7, 11) is -1.84. The maximum absolute atomic E-state index is 12.8. The van der Waals surface area contributed by atoms with Crippen LogP contribution in [0.4, 0.5) is 0 Å². The molecule has 1 aliphatic carbocycles. The van der Waals surface area contributed by atoms with Crippen molar-refractivity contribution >= 4 is 16.0 Å². The molecule has 1 saturated heterocycles. The zero-order valence-electron chi connectivity index (χ0n) is 13.4. The van der Waals surface area contributed by atoms with Crippen molar-refractivity contribution in [3.05, 3.63) is 0 Å². The first kappa shape index (κ1) is 16.9. The Hall–Kier alpha value is -0.460. The highest BCUT2D eigenvalue weighted by Gasteiger charge is 2.42. The summed E-state index contributed by atoms with van der Waals surface area (Å²) in [5.41, 5.74) is 0. The van der Waals surface area contributed by atoms with E-state index in [9.17, 15) is 13.2 Å². The van der Waals surface area contributed by atoms with Crippen LogP contribution < -0.4 is 0 Å². The molecule has 0 aromatic heterocycles. The fraction of sp³-hybridized carbons (Fsp3) is 0.933. The second-order valence-corrected chi connectivity index (χ2v) is 8.55. The lowest BCUT2D eigenvalue weighted by atomic mass is 9.80. The summed E-state index contributed by atoms with van der Waals surface area (Å²) in [6.45, 7) is 4.30. The van der Waals surface area contributed by atoms with Gasteiger partial charge in [0.15, 0.2) is 0 Å². The minimum Gasteiger partial charge on any atom is -0.299 e. The van der Waals surface area contributed by atoms with Gasteiger partial charge in [-0.3, -0.25) is 4.79 Å².